The van der Waals surface area contributed by atoms with Crippen molar-refractivity contribution in [1.29, 1.82) is 0 Å². The molecule has 18 heavy (non-hydrogen) atoms. The van der Waals surface area contributed by atoms with E-state index in [2.05, 4.69) is 12.6 Å². The molecule has 98 valence electrons. The summed E-state index contributed by atoms with van der Waals surface area (Å²) >= 11 is 4.13. The second-order valence-electron chi connectivity index (χ2n) is 4.20. The molecule has 2 rings (SSSR count). The van der Waals surface area contributed by atoms with E-state index in [9.17, 15) is 4.79 Å². The maximum Gasteiger partial charge on any atom is 0.267 e. The Hall–Kier alpha value is -1.36. The minimum absolute atomic E-state index is 0.0497. The summed E-state index contributed by atoms with van der Waals surface area (Å²) in [7, 11) is 1.77. The van der Waals surface area contributed by atoms with E-state index in [4.69, 9.17) is 9.47 Å². The molecule has 1 unspecified atom stereocenters. The molecular weight excluding hydrogens is 250 g/mol. The topological polar surface area (TPSA) is 38.8 Å². The summed E-state index contributed by atoms with van der Waals surface area (Å²) < 4.78 is 11.2. The SMILES string of the molecule is CN(CCCS)C(=O)C1COc2ccccc2O1. The standard InChI is InChI=1S/C13H17NO3S/c1-14(7-4-8-18)13(15)12-9-16-10-5-2-3-6-11(10)17-12/h2-3,5-6,12,18H,4,7-9H2,1H3. The predicted octanol–water partition coefficient (Wildman–Crippen LogP) is 1.60. The number of nitrogens with zero attached hydrogens (tertiary/aromatic N) is 1. The molecule has 0 fully saturated rings. The van der Waals surface area contributed by atoms with E-state index in [1.807, 2.05) is 24.3 Å². The molecule has 1 aromatic carbocycles. The Kier molecular flexibility index (Phi) is 4.36. The molecule has 1 heterocycles. The fourth-order valence-corrected chi connectivity index (χ4v) is 1.95. The third kappa shape index (κ3) is 2.90. The van der Waals surface area contributed by atoms with Crippen LogP contribution in [0.15, 0.2) is 24.3 Å². The zero-order valence-corrected chi connectivity index (χ0v) is 11.2. The summed E-state index contributed by atoms with van der Waals surface area (Å²) in [6.07, 6.45) is 0.319. The van der Waals surface area contributed by atoms with Crippen molar-refractivity contribution in [3.8, 4) is 11.5 Å². The number of rotatable bonds is 4. The number of thiol groups is 1. The maximum atomic E-state index is 12.1. The number of fused-ring (bicyclic) bond motifs is 1. The van der Waals surface area contributed by atoms with Crippen LogP contribution in [0.3, 0.4) is 0 Å². The van der Waals surface area contributed by atoms with E-state index in [0.29, 0.717) is 18.0 Å². The lowest BCUT2D eigenvalue weighted by molar-refractivity contribution is -0.139. The van der Waals surface area contributed by atoms with Gasteiger partial charge in [-0.25, -0.2) is 0 Å². The highest BCUT2D eigenvalue weighted by molar-refractivity contribution is 7.80. The number of amides is 1. The normalized spacial score (nSPS) is 17.3. The first-order chi connectivity index (χ1) is 8.72. The molecule has 0 aromatic heterocycles. The van der Waals surface area contributed by atoms with Gasteiger partial charge in [0.1, 0.15) is 6.61 Å². The van der Waals surface area contributed by atoms with Gasteiger partial charge in [-0.2, -0.15) is 12.6 Å². The van der Waals surface area contributed by atoms with Crippen molar-refractivity contribution in [3.05, 3.63) is 24.3 Å². The lowest BCUT2D eigenvalue weighted by Gasteiger charge is -2.28. The summed E-state index contributed by atoms with van der Waals surface area (Å²) in [5.41, 5.74) is 0. The van der Waals surface area contributed by atoms with Gasteiger partial charge in [0, 0.05) is 13.6 Å². The van der Waals surface area contributed by atoms with Gasteiger partial charge in [0.15, 0.2) is 11.5 Å². The molecule has 0 aliphatic carbocycles. The van der Waals surface area contributed by atoms with Gasteiger partial charge in [-0.3, -0.25) is 4.79 Å². The van der Waals surface area contributed by atoms with Crippen molar-refractivity contribution in [3.63, 3.8) is 0 Å². The summed E-state index contributed by atoms with van der Waals surface area (Å²) in [5.74, 6) is 2.04. The van der Waals surface area contributed by atoms with Crippen LogP contribution in [0, 0.1) is 0 Å². The van der Waals surface area contributed by atoms with E-state index < -0.39 is 6.10 Å². The molecule has 0 saturated carbocycles. The van der Waals surface area contributed by atoms with Crippen LogP contribution in [0.4, 0.5) is 0 Å². The van der Waals surface area contributed by atoms with Crippen LogP contribution in [0.5, 0.6) is 11.5 Å². The van der Waals surface area contributed by atoms with Gasteiger partial charge in [-0.15, -0.1) is 0 Å². The van der Waals surface area contributed by atoms with Gasteiger partial charge in [0.2, 0.25) is 6.10 Å². The second kappa shape index (κ2) is 6.00. The van der Waals surface area contributed by atoms with Crippen LogP contribution >= 0.6 is 12.6 Å². The molecule has 1 aliphatic rings. The van der Waals surface area contributed by atoms with Gasteiger partial charge in [0.05, 0.1) is 0 Å². The van der Waals surface area contributed by atoms with Gasteiger partial charge in [0.25, 0.3) is 5.91 Å². The quantitative estimate of drug-likeness (QED) is 0.842. The van der Waals surface area contributed by atoms with Gasteiger partial charge in [-0.1, -0.05) is 12.1 Å². The Morgan fingerprint density at radius 2 is 2.17 bits per heavy atom. The minimum Gasteiger partial charge on any atom is -0.485 e. The fourth-order valence-electron chi connectivity index (χ4n) is 1.81. The van der Waals surface area contributed by atoms with Crippen LogP contribution < -0.4 is 9.47 Å². The monoisotopic (exact) mass is 267 g/mol. The highest BCUT2D eigenvalue weighted by Crippen LogP contribution is 2.31. The number of para-hydroxylation sites is 2. The number of carbonyl (C=O) groups excluding carboxylic acids is 1. The molecule has 0 saturated heterocycles. The Labute approximate surface area is 112 Å². The average molecular weight is 267 g/mol. The number of ether oxygens (including phenoxy) is 2. The first-order valence-corrected chi connectivity index (χ1v) is 6.60. The van der Waals surface area contributed by atoms with Crippen LogP contribution in [0.2, 0.25) is 0 Å². The number of hydrogen-bond donors (Lipinski definition) is 1. The van der Waals surface area contributed by atoms with E-state index in [0.717, 1.165) is 12.2 Å². The van der Waals surface area contributed by atoms with Crippen LogP contribution in [0.1, 0.15) is 6.42 Å². The van der Waals surface area contributed by atoms with Gasteiger partial charge >= 0.3 is 0 Å². The Balaban J connectivity index is 1.98. The molecule has 1 amide bonds. The maximum absolute atomic E-state index is 12.1. The van der Waals surface area contributed by atoms with Crippen LogP contribution in [-0.4, -0.2) is 42.9 Å². The summed E-state index contributed by atoms with van der Waals surface area (Å²) in [5, 5.41) is 0. The average Bonchev–Trinajstić information content (AvgIpc) is 2.43. The van der Waals surface area contributed by atoms with Gasteiger partial charge < -0.3 is 14.4 Å². The first-order valence-electron chi connectivity index (χ1n) is 5.96. The van der Waals surface area contributed by atoms with Crippen molar-refractivity contribution in [2.45, 2.75) is 12.5 Å². The van der Waals surface area contributed by atoms with Crippen LogP contribution in [-0.2, 0) is 4.79 Å². The van der Waals surface area contributed by atoms with E-state index in [-0.39, 0.29) is 12.5 Å². The van der Waals surface area contributed by atoms with Crippen molar-refractivity contribution >= 4 is 18.5 Å². The number of likely N-dealkylation sites (N-methyl/N-ethyl adjacent to an activating group) is 1. The van der Waals surface area contributed by atoms with Gasteiger partial charge in [-0.05, 0) is 24.3 Å². The molecule has 1 aliphatic heterocycles. The van der Waals surface area contributed by atoms with E-state index in [1.54, 1.807) is 11.9 Å². The van der Waals surface area contributed by atoms with Crippen molar-refractivity contribution in [1.82, 2.24) is 4.90 Å². The molecule has 1 aromatic rings. The lowest BCUT2D eigenvalue weighted by Crippen LogP contribution is -2.45. The van der Waals surface area contributed by atoms with Crippen molar-refractivity contribution < 1.29 is 14.3 Å². The van der Waals surface area contributed by atoms with Crippen molar-refractivity contribution in [2.24, 2.45) is 0 Å². The summed E-state index contributed by atoms with van der Waals surface area (Å²) in [4.78, 5) is 13.8. The Bertz CT molecular complexity index is 424. The predicted molar refractivity (Wildman–Crippen MR) is 72.5 cm³/mol. The molecule has 1 atom stereocenters. The molecule has 0 N–H and O–H groups in total. The second-order valence-corrected chi connectivity index (χ2v) is 4.65. The van der Waals surface area contributed by atoms with Crippen LogP contribution in [0.25, 0.3) is 0 Å². The smallest absolute Gasteiger partial charge is 0.267 e. The summed E-state index contributed by atoms with van der Waals surface area (Å²) in [6, 6.07) is 7.38. The van der Waals surface area contributed by atoms with Crippen molar-refractivity contribution in [2.75, 3.05) is 26.0 Å². The molecule has 0 bridgehead atoms. The zero-order chi connectivity index (χ0) is 13.0. The largest absolute Gasteiger partial charge is 0.485 e. The molecule has 0 radical (unpaired) electrons. The molecule has 4 nitrogen and oxygen atoms in total. The highest BCUT2D eigenvalue weighted by atomic mass is 32.1. The zero-order valence-electron chi connectivity index (χ0n) is 10.3. The third-order valence-corrected chi connectivity index (χ3v) is 3.13. The number of carbonyl (C=O) groups is 1. The molecule has 0 spiro atoms. The summed E-state index contributed by atoms with van der Waals surface area (Å²) in [6.45, 7) is 0.949. The van der Waals surface area contributed by atoms with E-state index >= 15 is 0 Å². The Morgan fingerprint density at radius 3 is 2.89 bits per heavy atom. The van der Waals surface area contributed by atoms with E-state index in [1.165, 1.54) is 0 Å². The number of benzene rings is 1. The first kappa shape index (κ1) is 13.1. The third-order valence-electron chi connectivity index (χ3n) is 2.81. The highest BCUT2D eigenvalue weighted by Gasteiger charge is 2.29. The fraction of sp³-hybridized carbons (Fsp3) is 0.462. The molecule has 5 heteroatoms. The lowest BCUT2D eigenvalue weighted by atomic mass is 10.2. The minimum atomic E-state index is -0.551. The Morgan fingerprint density at radius 1 is 1.44 bits per heavy atom. The molecular formula is C13H17NO3S. The number of hydrogen-bond acceptors (Lipinski definition) is 4.